The van der Waals surface area contributed by atoms with Crippen LogP contribution in [0, 0.1) is 11.3 Å². The quantitative estimate of drug-likeness (QED) is 0.638. The molecule has 1 aromatic heterocycles. The first-order valence-corrected chi connectivity index (χ1v) is 13.5. The molecule has 33 heavy (non-hydrogen) atoms. The van der Waals surface area contributed by atoms with Gasteiger partial charge in [0.2, 0.25) is 0 Å². The zero-order chi connectivity index (χ0) is 22.5. The molecule has 0 spiro atoms. The maximum absolute atomic E-state index is 13.1. The molecule has 0 atom stereocenters. The summed E-state index contributed by atoms with van der Waals surface area (Å²) in [7, 11) is -4.15. The Bertz CT molecular complexity index is 1230. The average Bonchev–Trinajstić information content (AvgIpc) is 3.50. The van der Waals surface area contributed by atoms with E-state index >= 15 is 0 Å². The number of hydrogen-bond acceptors (Lipinski definition) is 6. The standard InChI is InChI=1S/C23H26N4O3S2.Na/c1-2-27-10-9-18-19(12-24)22(31-20(18)13-27)32(29,30)26-23(28)25-21-16-7-3-5-14(16)11-15-6-4-8-17(15)21;/h11H,2-10,13H2,1H3,(H2,25,26,28);. The van der Waals surface area contributed by atoms with Crippen molar-refractivity contribution >= 4 is 62.6 Å². The Hall–Kier alpha value is -1.41. The maximum atomic E-state index is 13.1. The van der Waals surface area contributed by atoms with Crippen molar-refractivity contribution in [2.45, 2.75) is 62.6 Å². The van der Waals surface area contributed by atoms with Gasteiger partial charge in [0, 0.05) is 53.2 Å². The van der Waals surface area contributed by atoms with E-state index in [0.717, 1.165) is 90.2 Å². The number of amides is 2. The summed E-state index contributed by atoms with van der Waals surface area (Å²) in [6, 6.07) is 3.58. The second kappa shape index (κ2) is 9.68. The molecule has 169 valence electrons. The summed E-state index contributed by atoms with van der Waals surface area (Å²) in [5.41, 5.74) is 6.60. The van der Waals surface area contributed by atoms with E-state index in [2.05, 4.69) is 34.0 Å². The second-order valence-electron chi connectivity index (χ2n) is 8.69. The Morgan fingerprint density at radius 1 is 1.12 bits per heavy atom. The Morgan fingerprint density at radius 3 is 2.39 bits per heavy atom. The summed E-state index contributed by atoms with van der Waals surface area (Å²) in [5.74, 6) is 0. The largest absolute Gasteiger partial charge is 0.333 e. The van der Waals surface area contributed by atoms with Crippen LogP contribution in [0.15, 0.2) is 10.3 Å². The first-order chi connectivity index (χ1) is 15.4. The minimum atomic E-state index is -4.15. The van der Waals surface area contributed by atoms with Crippen LogP contribution in [0.25, 0.3) is 0 Å². The van der Waals surface area contributed by atoms with Gasteiger partial charge in [-0.1, -0.05) is 13.0 Å². The fraction of sp³-hybridized carbons (Fsp3) is 0.478. The number of anilines is 1. The number of likely N-dealkylation sites (N-methyl/N-ethyl adjacent to an activating group) is 1. The molecule has 0 saturated carbocycles. The van der Waals surface area contributed by atoms with E-state index < -0.39 is 16.1 Å². The molecule has 1 radical (unpaired) electrons. The molecular formula is C23H26N4NaO3S2. The van der Waals surface area contributed by atoms with E-state index in [4.69, 9.17) is 0 Å². The van der Waals surface area contributed by atoms with Crippen LogP contribution in [-0.4, -0.2) is 62.0 Å². The number of hydrogen-bond donors (Lipinski definition) is 2. The van der Waals surface area contributed by atoms with Crippen molar-refractivity contribution in [3.63, 3.8) is 0 Å². The Kier molecular flexibility index (Phi) is 7.25. The molecule has 2 N–H and O–H groups in total. The molecule has 2 aromatic rings. The molecule has 0 bridgehead atoms. The number of benzene rings is 1. The van der Waals surface area contributed by atoms with Crippen molar-refractivity contribution in [2.24, 2.45) is 0 Å². The number of carbonyl (C=O) groups is 1. The van der Waals surface area contributed by atoms with Crippen LogP contribution < -0.4 is 10.0 Å². The van der Waals surface area contributed by atoms with Gasteiger partial charge in [-0.15, -0.1) is 11.3 Å². The van der Waals surface area contributed by atoms with Crippen molar-refractivity contribution in [1.82, 2.24) is 9.62 Å². The SMILES string of the molecule is CCN1CCc2c(sc(S(=O)(=O)NC(=O)Nc3c4c(cc5c3CCC5)CCC4)c2C#N)C1.[Na]. The fourth-order valence-corrected chi connectivity index (χ4v) is 8.04. The number of nitrogens with one attached hydrogen (secondary N) is 2. The van der Waals surface area contributed by atoms with E-state index in [0.29, 0.717) is 13.0 Å². The topological polar surface area (TPSA) is 102 Å². The molecule has 0 unspecified atom stereocenters. The maximum Gasteiger partial charge on any atom is 0.333 e. The van der Waals surface area contributed by atoms with Crippen LogP contribution in [-0.2, 0) is 48.7 Å². The fourth-order valence-electron chi connectivity index (χ4n) is 5.28. The number of nitrogens with zero attached hydrogens (tertiary/aromatic N) is 2. The first-order valence-electron chi connectivity index (χ1n) is 11.2. The van der Waals surface area contributed by atoms with Gasteiger partial charge >= 0.3 is 6.03 Å². The van der Waals surface area contributed by atoms with Crippen LogP contribution in [0.3, 0.4) is 0 Å². The predicted molar refractivity (Wildman–Crippen MR) is 129 cm³/mol. The number of fused-ring (bicyclic) bond motifs is 3. The normalized spacial score (nSPS) is 16.8. The number of nitriles is 1. The molecule has 2 aliphatic carbocycles. The molecule has 3 aliphatic rings. The van der Waals surface area contributed by atoms with Gasteiger partial charge in [-0.2, -0.15) is 5.26 Å². The third kappa shape index (κ3) is 4.49. The summed E-state index contributed by atoms with van der Waals surface area (Å²) in [4.78, 5) is 16.0. The van der Waals surface area contributed by atoms with Gasteiger partial charge in [0.15, 0.2) is 4.21 Å². The molecule has 1 aliphatic heterocycles. The zero-order valence-corrected chi connectivity index (χ0v) is 22.7. The van der Waals surface area contributed by atoms with Crippen LogP contribution in [0.1, 0.15) is 58.0 Å². The van der Waals surface area contributed by atoms with Crippen molar-refractivity contribution in [3.8, 4) is 6.07 Å². The number of carbonyl (C=O) groups excluding carboxylic acids is 1. The van der Waals surface area contributed by atoms with Crippen molar-refractivity contribution in [1.29, 1.82) is 5.26 Å². The molecule has 0 saturated heterocycles. The number of thiophene rings is 1. The van der Waals surface area contributed by atoms with Gasteiger partial charge in [0.25, 0.3) is 10.0 Å². The van der Waals surface area contributed by atoms with E-state index in [-0.39, 0.29) is 39.3 Å². The summed E-state index contributed by atoms with van der Waals surface area (Å²) in [5, 5.41) is 12.5. The molecule has 2 amide bonds. The van der Waals surface area contributed by atoms with Gasteiger partial charge in [0.05, 0.1) is 5.56 Å². The molecular weight excluding hydrogens is 467 g/mol. The van der Waals surface area contributed by atoms with E-state index in [1.54, 1.807) is 0 Å². The Balaban J connectivity index is 0.00000259. The third-order valence-electron chi connectivity index (χ3n) is 6.85. The molecule has 10 heteroatoms. The summed E-state index contributed by atoms with van der Waals surface area (Å²) in [6.07, 6.45) is 6.54. The third-order valence-corrected chi connectivity index (χ3v) is 9.91. The van der Waals surface area contributed by atoms with Gasteiger partial charge in [0.1, 0.15) is 6.07 Å². The van der Waals surface area contributed by atoms with Crippen LogP contribution in [0.5, 0.6) is 0 Å². The van der Waals surface area contributed by atoms with Gasteiger partial charge in [-0.3, -0.25) is 4.90 Å². The summed E-state index contributed by atoms with van der Waals surface area (Å²) in [6.45, 7) is 4.36. The van der Waals surface area contributed by atoms with E-state index in [9.17, 15) is 18.5 Å². The molecule has 2 heterocycles. The van der Waals surface area contributed by atoms with Crippen LogP contribution in [0.4, 0.5) is 10.5 Å². The minimum Gasteiger partial charge on any atom is -0.307 e. The summed E-state index contributed by atoms with van der Waals surface area (Å²) >= 11 is 1.11. The average molecular weight is 494 g/mol. The van der Waals surface area contributed by atoms with Crippen LogP contribution >= 0.6 is 11.3 Å². The second-order valence-corrected chi connectivity index (χ2v) is 11.7. The Labute approximate surface area is 220 Å². The van der Waals surface area contributed by atoms with E-state index in [1.807, 2.05) is 0 Å². The monoisotopic (exact) mass is 493 g/mol. The minimum absolute atomic E-state index is 0. The number of urea groups is 1. The molecule has 7 nitrogen and oxygen atoms in total. The van der Waals surface area contributed by atoms with Crippen molar-refractivity contribution in [3.05, 3.63) is 44.3 Å². The van der Waals surface area contributed by atoms with Gasteiger partial charge in [-0.05, 0) is 79.3 Å². The number of aryl methyl sites for hydroxylation is 2. The van der Waals surface area contributed by atoms with Gasteiger partial charge in [-0.25, -0.2) is 17.9 Å². The molecule has 1 aromatic carbocycles. The number of rotatable bonds is 4. The van der Waals surface area contributed by atoms with Crippen molar-refractivity contribution in [2.75, 3.05) is 18.4 Å². The van der Waals surface area contributed by atoms with E-state index in [1.165, 1.54) is 11.1 Å². The smallest absolute Gasteiger partial charge is 0.307 e. The number of sulfonamides is 1. The zero-order valence-electron chi connectivity index (χ0n) is 19.1. The van der Waals surface area contributed by atoms with Gasteiger partial charge < -0.3 is 5.32 Å². The summed E-state index contributed by atoms with van der Waals surface area (Å²) < 4.78 is 28.4. The first kappa shape index (κ1) is 24.7. The molecule has 5 rings (SSSR count). The van der Waals surface area contributed by atoms with Crippen molar-refractivity contribution < 1.29 is 13.2 Å². The molecule has 0 fully saturated rings. The predicted octanol–water partition coefficient (Wildman–Crippen LogP) is 3.10. The van der Waals surface area contributed by atoms with Crippen LogP contribution in [0.2, 0.25) is 0 Å². The Morgan fingerprint density at radius 2 is 1.79 bits per heavy atom.